The number of hydrogen-bond acceptors (Lipinski definition) is 3. The zero-order valence-corrected chi connectivity index (χ0v) is 21.3. The number of nitrogens with zero attached hydrogens (tertiary/aromatic N) is 3. The summed E-state index contributed by atoms with van der Waals surface area (Å²) in [6.07, 6.45) is 1.21. The first-order valence-electron chi connectivity index (χ1n) is 12.1. The van der Waals surface area contributed by atoms with Gasteiger partial charge in [0.1, 0.15) is 0 Å². The van der Waals surface area contributed by atoms with Gasteiger partial charge in [-0.3, -0.25) is 14.4 Å². The van der Waals surface area contributed by atoms with Crippen LogP contribution in [0.4, 0.5) is 13.2 Å². The first-order chi connectivity index (χ1) is 17.0. The lowest BCUT2D eigenvalue weighted by Gasteiger charge is -2.43. The van der Waals surface area contributed by atoms with Crippen LogP contribution in [0.1, 0.15) is 61.1 Å². The Kier molecular flexibility index (Phi) is 7.48. The molecule has 2 heterocycles. The molecule has 9 heteroatoms. The van der Waals surface area contributed by atoms with Gasteiger partial charge in [-0.2, -0.15) is 18.3 Å². The van der Waals surface area contributed by atoms with E-state index in [1.54, 1.807) is 6.20 Å². The number of alkyl halides is 3. The minimum Gasteiger partial charge on any atom is -0.343 e. The molecule has 1 atom stereocenters. The van der Waals surface area contributed by atoms with Gasteiger partial charge in [-0.05, 0) is 76.0 Å². The van der Waals surface area contributed by atoms with E-state index in [0.29, 0.717) is 0 Å². The van der Waals surface area contributed by atoms with Crippen LogP contribution in [-0.4, -0.2) is 39.2 Å². The molecule has 1 aliphatic heterocycles. The summed E-state index contributed by atoms with van der Waals surface area (Å²) in [5, 5.41) is 6.79. The van der Waals surface area contributed by atoms with E-state index in [2.05, 4.69) is 29.2 Å². The summed E-state index contributed by atoms with van der Waals surface area (Å²) in [6, 6.07) is 10.7. The third-order valence-electron chi connectivity index (χ3n) is 6.96. The van der Waals surface area contributed by atoms with Crippen molar-refractivity contribution in [3.8, 4) is 11.1 Å². The second-order valence-corrected chi connectivity index (χ2v) is 10.0. The average Bonchev–Trinajstić information content (AvgIpc) is 3.54. The van der Waals surface area contributed by atoms with Crippen LogP contribution in [0.5, 0.6) is 0 Å². The molecule has 5 nitrogen and oxygen atoms in total. The van der Waals surface area contributed by atoms with Gasteiger partial charge in [0.25, 0.3) is 5.91 Å². The predicted octanol–water partition coefficient (Wildman–Crippen LogP) is 6.59. The van der Waals surface area contributed by atoms with E-state index in [-0.39, 0.29) is 5.56 Å². The van der Waals surface area contributed by atoms with E-state index >= 15 is 0 Å². The first-order valence-corrected chi connectivity index (χ1v) is 12.4. The molecule has 4 rings (SSSR count). The second kappa shape index (κ2) is 10.3. The molecular formula is C27H30ClF3N4O. The van der Waals surface area contributed by atoms with E-state index < -0.39 is 34.3 Å². The molecule has 36 heavy (non-hydrogen) atoms. The average molecular weight is 519 g/mol. The van der Waals surface area contributed by atoms with Crippen LogP contribution in [0.15, 0.2) is 54.9 Å². The molecule has 1 aliphatic rings. The maximum absolute atomic E-state index is 13.4. The molecule has 0 saturated carbocycles. The standard InChI is InChI=1S/C27H30ClF3N4O/c1-4-35-17-20(16-32-35)18-9-7-10-19(15-18)24(26(2,3)34-13-5-6-14-34)33-25(36)21-11-8-12-22(23(21)28)27(29,30)31/h7-12,15-17,24H,4-6,13-14H2,1-3H3,(H,33,36). The molecule has 1 saturated heterocycles. The van der Waals surface area contributed by atoms with E-state index in [0.717, 1.165) is 55.2 Å². The number of amides is 1. The van der Waals surface area contributed by atoms with E-state index in [1.165, 1.54) is 12.1 Å². The highest BCUT2D eigenvalue weighted by Gasteiger charge is 2.40. The van der Waals surface area contributed by atoms with Crippen molar-refractivity contribution < 1.29 is 18.0 Å². The fraction of sp³-hybridized carbons (Fsp3) is 0.407. The quantitative estimate of drug-likeness (QED) is 0.384. The van der Waals surface area contributed by atoms with Crippen molar-refractivity contribution >= 4 is 17.5 Å². The summed E-state index contributed by atoms with van der Waals surface area (Å²) >= 11 is 6.08. The largest absolute Gasteiger partial charge is 0.417 e. The number of aromatic nitrogens is 2. The third-order valence-corrected chi connectivity index (χ3v) is 7.37. The highest BCUT2D eigenvalue weighted by molar-refractivity contribution is 6.34. The summed E-state index contributed by atoms with van der Waals surface area (Å²) < 4.78 is 42.1. The normalized spacial score (nSPS) is 15.8. The highest BCUT2D eigenvalue weighted by atomic mass is 35.5. The van der Waals surface area contributed by atoms with Gasteiger partial charge in [0.05, 0.1) is 28.4 Å². The Morgan fingerprint density at radius 2 is 1.81 bits per heavy atom. The van der Waals surface area contributed by atoms with E-state index in [4.69, 9.17) is 11.6 Å². The van der Waals surface area contributed by atoms with Gasteiger partial charge < -0.3 is 5.32 Å². The number of nitrogens with one attached hydrogen (secondary N) is 1. The summed E-state index contributed by atoms with van der Waals surface area (Å²) in [5.41, 5.74) is 1.01. The number of likely N-dealkylation sites (tertiary alicyclic amines) is 1. The summed E-state index contributed by atoms with van der Waals surface area (Å²) in [6.45, 7) is 8.63. The maximum Gasteiger partial charge on any atom is 0.417 e. The Bertz CT molecular complexity index is 1230. The number of carbonyl (C=O) groups excluding carboxylic acids is 1. The lowest BCUT2D eigenvalue weighted by molar-refractivity contribution is -0.137. The van der Waals surface area contributed by atoms with Gasteiger partial charge in [-0.25, -0.2) is 0 Å². The first kappa shape index (κ1) is 26.2. The Labute approximate surface area is 214 Å². The van der Waals surface area contributed by atoms with Crippen LogP contribution in [-0.2, 0) is 12.7 Å². The molecular weight excluding hydrogens is 489 g/mol. The van der Waals surface area contributed by atoms with Crippen molar-refractivity contribution in [2.24, 2.45) is 0 Å². The van der Waals surface area contributed by atoms with Gasteiger partial charge in [0, 0.05) is 23.8 Å². The van der Waals surface area contributed by atoms with Gasteiger partial charge in [0.15, 0.2) is 0 Å². The van der Waals surface area contributed by atoms with Crippen molar-refractivity contribution in [3.63, 3.8) is 0 Å². The van der Waals surface area contributed by atoms with Crippen molar-refractivity contribution in [3.05, 3.63) is 76.6 Å². The molecule has 0 spiro atoms. The number of carbonyl (C=O) groups is 1. The topological polar surface area (TPSA) is 50.2 Å². The van der Waals surface area contributed by atoms with Crippen molar-refractivity contribution in [1.82, 2.24) is 20.0 Å². The molecule has 1 fully saturated rings. The molecule has 0 radical (unpaired) electrons. The monoisotopic (exact) mass is 518 g/mol. The molecule has 1 aromatic heterocycles. The molecule has 3 aromatic rings. The van der Waals surface area contributed by atoms with Crippen LogP contribution in [0, 0.1) is 0 Å². The third kappa shape index (κ3) is 5.30. The van der Waals surface area contributed by atoms with Crippen LogP contribution >= 0.6 is 11.6 Å². The smallest absolute Gasteiger partial charge is 0.343 e. The Balaban J connectivity index is 1.73. The van der Waals surface area contributed by atoms with E-state index in [9.17, 15) is 18.0 Å². The fourth-order valence-corrected chi connectivity index (χ4v) is 5.18. The van der Waals surface area contributed by atoms with Gasteiger partial charge >= 0.3 is 6.18 Å². The maximum atomic E-state index is 13.4. The Morgan fingerprint density at radius 3 is 2.44 bits per heavy atom. The van der Waals surface area contributed by atoms with Gasteiger partial charge in [-0.1, -0.05) is 35.9 Å². The van der Waals surface area contributed by atoms with Crippen molar-refractivity contribution in [2.75, 3.05) is 13.1 Å². The lowest BCUT2D eigenvalue weighted by Crippen LogP contribution is -2.52. The minimum atomic E-state index is -4.65. The Hall–Kier alpha value is -2.84. The SMILES string of the molecule is CCn1cc(-c2cccc(C(NC(=O)c3cccc(C(F)(F)F)c3Cl)C(C)(C)N3CCCC3)c2)cn1. The van der Waals surface area contributed by atoms with Crippen LogP contribution in [0.3, 0.4) is 0 Å². The molecule has 1 N–H and O–H groups in total. The van der Waals surface area contributed by atoms with Crippen LogP contribution in [0.2, 0.25) is 5.02 Å². The number of rotatable bonds is 7. The number of hydrogen-bond donors (Lipinski definition) is 1. The van der Waals surface area contributed by atoms with Crippen molar-refractivity contribution in [2.45, 2.75) is 57.9 Å². The molecule has 2 aromatic carbocycles. The Morgan fingerprint density at radius 1 is 1.11 bits per heavy atom. The van der Waals surface area contributed by atoms with Gasteiger partial charge in [-0.15, -0.1) is 0 Å². The molecule has 1 unspecified atom stereocenters. The zero-order chi connectivity index (χ0) is 26.1. The molecule has 1 amide bonds. The number of aryl methyl sites for hydroxylation is 1. The van der Waals surface area contributed by atoms with Crippen LogP contribution in [0.25, 0.3) is 11.1 Å². The highest BCUT2D eigenvalue weighted by Crippen LogP contribution is 2.38. The zero-order valence-electron chi connectivity index (χ0n) is 20.6. The van der Waals surface area contributed by atoms with Crippen molar-refractivity contribution in [1.29, 1.82) is 0 Å². The van der Waals surface area contributed by atoms with E-state index in [1.807, 2.05) is 42.1 Å². The van der Waals surface area contributed by atoms with Gasteiger partial charge in [0.2, 0.25) is 0 Å². The van der Waals surface area contributed by atoms with Crippen LogP contribution < -0.4 is 5.32 Å². The number of halogens is 4. The molecule has 0 bridgehead atoms. The summed E-state index contributed by atoms with van der Waals surface area (Å²) in [7, 11) is 0. The second-order valence-electron chi connectivity index (χ2n) is 9.63. The fourth-order valence-electron chi connectivity index (χ4n) is 4.86. The minimum absolute atomic E-state index is 0.200. The molecule has 192 valence electrons. The predicted molar refractivity (Wildman–Crippen MR) is 135 cm³/mol. The summed E-state index contributed by atoms with van der Waals surface area (Å²) in [5.74, 6) is -0.646. The molecule has 0 aliphatic carbocycles. The lowest BCUT2D eigenvalue weighted by atomic mass is 9.85. The number of benzene rings is 2. The summed E-state index contributed by atoms with van der Waals surface area (Å²) in [4.78, 5) is 15.7.